The molecule has 5 heteroatoms. The molecule has 1 aliphatic heterocycles. The Hall–Kier alpha value is -2.82. The zero-order valence-electron chi connectivity index (χ0n) is 12.3. The number of nitrogens with zero attached hydrogens (tertiary/aromatic N) is 1. The fourth-order valence-corrected chi connectivity index (χ4v) is 2.20. The zero-order valence-corrected chi connectivity index (χ0v) is 12.3. The van der Waals surface area contributed by atoms with E-state index >= 15 is 0 Å². The van der Waals surface area contributed by atoms with Crippen LogP contribution in [0.4, 0.5) is 5.69 Å². The van der Waals surface area contributed by atoms with E-state index in [0.29, 0.717) is 35.1 Å². The van der Waals surface area contributed by atoms with E-state index in [1.54, 1.807) is 38.4 Å². The first-order chi connectivity index (χ1) is 10.7. The van der Waals surface area contributed by atoms with Crippen molar-refractivity contribution in [2.45, 2.75) is 6.92 Å². The Balaban J connectivity index is 2.02. The molecule has 3 rings (SSSR count). The number of carbonyl (C=O) groups is 1. The number of ether oxygens (including phenoxy) is 3. The Bertz CT molecular complexity index is 752. The molecule has 0 amide bonds. The molecular formula is C17H15NO4. The molecule has 22 heavy (non-hydrogen) atoms. The summed E-state index contributed by atoms with van der Waals surface area (Å²) in [5.41, 5.74) is 1.83. The van der Waals surface area contributed by atoms with Crippen molar-refractivity contribution in [3.8, 4) is 17.2 Å². The van der Waals surface area contributed by atoms with Gasteiger partial charge in [-0.15, -0.1) is 0 Å². The maximum atomic E-state index is 11.8. The highest BCUT2D eigenvalue weighted by Crippen LogP contribution is 2.41. The zero-order chi connectivity index (χ0) is 15.5. The predicted molar refractivity (Wildman–Crippen MR) is 82.7 cm³/mol. The SMILES string of the molecule is CCOC(=O)c1ccc2c(c1)N=Cc1cccc(OC)c1O2. The van der Waals surface area contributed by atoms with E-state index in [0.717, 1.165) is 5.56 Å². The second kappa shape index (κ2) is 5.89. The van der Waals surface area contributed by atoms with Gasteiger partial charge < -0.3 is 14.2 Å². The van der Waals surface area contributed by atoms with Crippen LogP contribution in [0.3, 0.4) is 0 Å². The van der Waals surface area contributed by atoms with Crippen LogP contribution in [-0.4, -0.2) is 25.9 Å². The number of methoxy groups -OCH3 is 1. The van der Waals surface area contributed by atoms with Crippen molar-refractivity contribution in [1.29, 1.82) is 0 Å². The van der Waals surface area contributed by atoms with Crippen LogP contribution in [0.25, 0.3) is 0 Å². The summed E-state index contributed by atoms with van der Waals surface area (Å²) < 4.78 is 16.2. The number of hydrogen-bond donors (Lipinski definition) is 0. The number of hydrogen-bond acceptors (Lipinski definition) is 5. The van der Waals surface area contributed by atoms with Crippen LogP contribution in [0, 0.1) is 0 Å². The number of aliphatic imine (C=N–C) groups is 1. The van der Waals surface area contributed by atoms with Gasteiger partial charge in [-0.3, -0.25) is 4.99 Å². The lowest BCUT2D eigenvalue weighted by Gasteiger charge is -2.12. The molecule has 0 unspecified atom stereocenters. The summed E-state index contributed by atoms with van der Waals surface area (Å²) in [6, 6.07) is 10.6. The van der Waals surface area contributed by atoms with E-state index in [9.17, 15) is 4.79 Å². The fraction of sp³-hybridized carbons (Fsp3) is 0.176. The van der Waals surface area contributed by atoms with Gasteiger partial charge in [0.2, 0.25) is 0 Å². The largest absolute Gasteiger partial charge is 0.493 e. The summed E-state index contributed by atoms with van der Waals surface area (Å²) in [6.07, 6.45) is 1.69. The van der Waals surface area contributed by atoms with Crippen LogP contribution < -0.4 is 9.47 Å². The van der Waals surface area contributed by atoms with Gasteiger partial charge in [-0.05, 0) is 37.3 Å². The van der Waals surface area contributed by atoms with Gasteiger partial charge in [0, 0.05) is 11.8 Å². The van der Waals surface area contributed by atoms with Crippen molar-refractivity contribution in [2.75, 3.05) is 13.7 Å². The first-order valence-electron chi connectivity index (χ1n) is 6.93. The van der Waals surface area contributed by atoms with E-state index < -0.39 is 0 Å². The van der Waals surface area contributed by atoms with Gasteiger partial charge in [0.1, 0.15) is 5.69 Å². The molecule has 1 heterocycles. The highest BCUT2D eigenvalue weighted by Gasteiger charge is 2.17. The molecule has 2 aromatic carbocycles. The molecule has 0 N–H and O–H groups in total. The Labute approximate surface area is 128 Å². The van der Waals surface area contributed by atoms with Crippen molar-refractivity contribution >= 4 is 17.9 Å². The first-order valence-corrected chi connectivity index (χ1v) is 6.93. The number of carbonyl (C=O) groups excluding carboxylic acids is 1. The van der Waals surface area contributed by atoms with Gasteiger partial charge in [-0.25, -0.2) is 4.79 Å². The Morgan fingerprint density at radius 1 is 1.27 bits per heavy atom. The molecule has 112 valence electrons. The quantitative estimate of drug-likeness (QED) is 0.691. The molecular weight excluding hydrogens is 282 g/mol. The van der Waals surface area contributed by atoms with Crippen molar-refractivity contribution < 1.29 is 19.0 Å². The van der Waals surface area contributed by atoms with E-state index in [-0.39, 0.29) is 5.97 Å². The molecule has 0 bridgehead atoms. The summed E-state index contributed by atoms with van der Waals surface area (Å²) in [5, 5.41) is 0. The Kier molecular flexibility index (Phi) is 3.78. The second-order valence-corrected chi connectivity index (χ2v) is 4.64. The summed E-state index contributed by atoms with van der Waals surface area (Å²) >= 11 is 0. The lowest BCUT2D eigenvalue weighted by atomic mass is 10.2. The van der Waals surface area contributed by atoms with Crippen molar-refractivity contribution in [3.63, 3.8) is 0 Å². The van der Waals surface area contributed by atoms with Crippen molar-refractivity contribution in [2.24, 2.45) is 4.99 Å². The van der Waals surface area contributed by atoms with Gasteiger partial charge in [0.15, 0.2) is 17.2 Å². The number of rotatable bonds is 3. The normalized spacial score (nSPS) is 11.7. The van der Waals surface area contributed by atoms with Crippen LogP contribution in [0.2, 0.25) is 0 Å². The molecule has 1 aliphatic rings. The predicted octanol–water partition coefficient (Wildman–Crippen LogP) is 3.73. The minimum Gasteiger partial charge on any atom is -0.493 e. The van der Waals surface area contributed by atoms with Crippen LogP contribution in [-0.2, 0) is 4.74 Å². The van der Waals surface area contributed by atoms with Gasteiger partial charge in [-0.1, -0.05) is 6.07 Å². The molecule has 0 aromatic heterocycles. The standard InChI is InChI=1S/C17H15NO4/c1-3-21-17(19)11-7-8-14-13(9-11)18-10-12-5-4-6-15(20-2)16(12)22-14/h4-10H,3H2,1-2H3. The molecule has 0 spiro atoms. The minimum absolute atomic E-state index is 0.332. The second-order valence-electron chi connectivity index (χ2n) is 4.64. The van der Waals surface area contributed by atoms with E-state index in [1.165, 1.54) is 0 Å². The van der Waals surface area contributed by atoms with Crippen LogP contribution in [0.15, 0.2) is 41.4 Å². The van der Waals surface area contributed by atoms with Crippen LogP contribution in [0.5, 0.6) is 17.2 Å². The van der Waals surface area contributed by atoms with Gasteiger partial charge in [0.25, 0.3) is 0 Å². The van der Waals surface area contributed by atoms with Crippen molar-refractivity contribution in [3.05, 3.63) is 47.5 Å². The average Bonchev–Trinajstić information content (AvgIpc) is 2.73. The number of esters is 1. The number of fused-ring (bicyclic) bond motifs is 2. The maximum absolute atomic E-state index is 11.8. The molecule has 0 fully saturated rings. The maximum Gasteiger partial charge on any atom is 0.338 e. The average molecular weight is 297 g/mol. The third-order valence-corrected chi connectivity index (χ3v) is 3.25. The molecule has 0 saturated carbocycles. The topological polar surface area (TPSA) is 57.1 Å². The van der Waals surface area contributed by atoms with Crippen LogP contribution in [0.1, 0.15) is 22.8 Å². The fourth-order valence-electron chi connectivity index (χ4n) is 2.20. The van der Waals surface area contributed by atoms with Crippen LogP contribution >= 0.6 is 0 Å². The number of para-hydroxylation sites is 1. The van der Waals surface area contributed by atoms with Gasteiger partial charge in [0.05, 0.1) is 19.3 Å². The molecule has 0 atom stereocenters. The van der Waals surface area contributed by atoms with E-state index in [4.69, 9.17) is 14.2 Å². The Morgan fingerprint density at radius 3 is 2.91 bits per heavy atom. The summed E-state index contributed by atoms with van der Waals surface area (Å²) in [5.74, 6) is 1.43. The van der Waals surface area contributed by atoms with E-state index in [2.05, 4.69) is 4.99 Å². The molecule has 0 radical (unpaired) electrons. The highest BCUT2D eigenvalue weighted by atomic mass is 16.5. The summed E-state index contributed by atoms with van der Waals surface area (Å²) in [6.45, 7) is 2.10. The highest BCUT2D eigenvalue weighted by molar-refractivity contribution is 5.93. The molecule has 5 nitrogen and oxygen atoms in total. The van der Waals surface area contributed by atoms with Gasteiger partial charge >= 0.3 is 5.97 Å². The van der Waals surface area contributed by atoms with Gasteiger partial charge in [-0.2, -0.15) is 0 Å². The van der Waals surface area contributed by atoms with E-state index in [1.807, 2.05) is 18.2 Å². The third kappa shape index (κ3) is 2.53. The lowest BCUT2D eigenvalue weighted by molar-refractivity contribution is 0.0526. The van der Waals surface area contributed by atoms with Crippen molar-refractivity contribution in [1.82, 2.24) is 0 Å². The third-order valence-electron chi connectivity index (χ3n) is 3.25. The molecule has 0 aliphatic carbocycles. The minimum atomic E-state index is -0.375. The smallest absolute Gasteiger partial charge is 0.338 e. The summed E-state index contributed by atoms with van der Waals surface area (Å²) in [4.78, 5) is 16.2. The monoisotopic (exact) mass is 297 g/mol. The molecule has 2 aromatic rings. The summed E-state index contributed by atoms with van der Waals surface area (Å²) in [7, 11) is 1.59. The Morgan fingerprint density at radius 2 is 2.14 bits per heavy atom. The first kappa shape index (κ1) is 14.1. The number of benzene rings is 2. The molecule has 0 saturated heterocycles. The lowest BCUT2D eigenvalue weighted by Crippen LogP contribution is -2.04.